The van der Waals surface area contributed by atoms with Crippen LogP contribution in [0.25, 0.3) is 22.0 Å². The minimum Gasteiger partial charge on any atom is -0.462 e. The summed E-state index contributed by atoms with van der Waals surface area (Å²) >= 11 is 7.39. The molecule has 1 N–H and O–H groups in total. The number of amides is 1. The molecule has 0 spiro atoms. The summed E-state index contributed by atoms with van der Waals surface area (Å²) in [4.78, 5) is 25.8. The van der Waals surface area contributed by atoms with Crippen LogP contribution in [-0.4, -0.2) is 23.1 Å². The second kappa shape index (κ2) is 8.34. The molecule has 0 bridgehead atoms. The number of carbonyl (C=O) groups is 2. The maximum Gasteiger partial charge on any atom is 0.341 e. The zero-order chi connectivity index (χ0) is 21.3. The lowest BCUT2D eigenvalue weighted by molar-refractivity contribution is 0.0529. The number of fused-ring (bicyclic) bond motifs is 1. The number of anilines is 1. The lowest BCUT2D eigenvalue weighted by Crippen LogP contribution is -2.17. The molecule has 2 heterocycles. The third-order valence-electron chi connectivity index (χ3n) is 4.82. The molecule has 5 nitrogen and oxygen atoms in total. The molecule has 2 aromatic heterocycles. The summed E-state index contributed by atoms with van der Waals surface area (Å²) in [5.41, 5.74) is 3.31. The number of halogens is 1. The number of hydrogen-bond acceptors (Lipinski definition) is 4. The monoisotopic (exact) mass is 438 g/mol. The van der Waals surface area contributed by atoms with Crippen LogP contribution in [0.4, 0.5) is 5.00 Å². The first-order chi connectivity index (χ1) is 14.5. The van der Waals surface area contributed by atoms with Crippen molar-refractivity contribution < 1.29 is 14.3 Å². The molecule has 0 aliphatic rings. The largest absolute Gasteiger partial charge is 0.462 e. The number of aryl methyl sites for hydroxylation is 1. The van der Waals surface area contributed by atoms with Gasteiger partial charge in [0.05, 0.1) is 6.61 Å². The van der Waals surface area contributed by atoms with Crippen LogP contribution in [0.2, 0.25) is 5.02 Å². The molecule has 30 heavy (non-hydrogen) atoms. The van der Waals surface area contributed by atoms with E-state index in [-0.39, 0.29) is 12.5 Å². The van der Waals surface area contributed by atoms with E-state index in [9.17, 15) is 9.59 Å². The Labute approximate surface area is 182 Å². The SMILES string of the molecule is CCOC(=O)c1c(-c2ccccc2)csc1NC(=O)c1cc2ccc(Cl)cc2n1C. The van der Waals surface area contributed by atoms with Crippen LogP contribution in [0.3, 0.4) is 0 Å². The average Bonchev–Trinajstić information content (AvgIpc) is 3.30. The lowest BCUT2D eigenvalue weighted by atomic mass is 10.0. The van der Waals surface area contributed by atoms with Crippen molar-refractivity contribution in [3.8, 4) is 11.1 Å². The molecular weight excluding hydrogens is 420 g/mol. The van der Waals surface area contributed by atoms with E-state index in [0.29, 0.717) is 21.3 Å². The van der Waals surface area contributed by atoms with E-state index in [1.165, 1.54) is 11.3 Å². The summed E-state index contributed by atoms with van der Waals surface area (Å²) in [6.45, 7) is 2.01. The van der Waals surface area contributed by atoms with Gasteiger partial charge in [0, 0.05) is 33.9 Å². The minimum atomic E-state index is -0.461. The van der Waals surface area contributed by atoms with Crippen LogP contribution in [0.15, 0.2) is 60.0 Å². The molecule has 0 aliphatic heterocycles. The Bertz CT molecular complexity index is 1240. The molecule has 2 aromatic carbocycles. The van der Waals surface area contributed by atoms with Crippen LogP contribution in [-0.2, 0) is 11.8 Å². The number of nitrogens with one attached hydrogen (secondary N) is 1. The number of carbonyl (C=O) groups excluding carboxylic acids is 2. The first-order valence-electron chi connectivity index (χ1n) is 9.40. The Morgan fingerprint density at radius 2 is 1.90 bits per heavy atom. The van der Waals surface area contributed by atoms with E-state index < -0.39 is 5.97 Å². The van der Waals surface area contributed by atoms with Gasteiger partial charge in [0.15, 0.2) is 0 Å². The van der Waals surface area contributed by atoms with Gasteiger partial charge < -0.3 is 14.6 Å². The predicted molar refractivity (Wildman–Crippen MR) is 122 cm³/mol. The molecule has 0 radical (unpaired) electrons. The number of nitrogens with zero attached hydrogens (tertiary/aromatic N) is 1. The molecule has 0 aliphatic carbocycles. The van der Waals surface area contributed by atoms with Crippen molar-refractivity contribution in [2.45, 2.75) is 6.92 Å². The van der Waals surface area contributed by atoms with Gasteiger partial charge in [-0.3, -0.25) is 4.79 Å². The fourth-order valence-electron chi connectivity index (χ4n) is 3.37. The summed E-state index contributed by atoms with van der Waals surface area (Å²) in [5.74, 6) is -0.770. The summed E-state index contributed by atoms with van der Waals surface area (Å²) in [6.07, 6.45) is 0. The summed E-state index contributed by atoms with van der Waals surface area (Å²) in [7, 11) is 1.81. The van der Waals surface area contributed by atoms with Crippen molar-refractivity contribution in [2.24, 2.45) is 7.05 Å². The van der Waals surface area contributed by atoms with Crippen LogP contribution < -0.4 is 5.32 Å². The molecule has 0 saturated heterocycles. The van der Waals surface area contributed by atoms with Gasteiger partial charge in [0.25, 0.3) is 5.91 Å². The maximum atomic E-state index is 13.1. The number of aromatic nitrogens is 1. The molecule has 1 amide bonds. The van der Waals surface area contributed by atoms with Gasteiger partial charge in [0.2, 0.25) is 0 Å². The Balaban J connectivity index is 1.73. The van der Waals surface area contributed by atoms with Gasteiger partial charge in [-0.25, -0.2) is 4.79 Å². The van der Waals surface area contributed by atoms with Gasteiger partial charge in [-0.2, -0.15) is 0 Å². The van der Waals surface area contributed by atoms with Gasteiger partial charge >= 0.3 is 5.97 Å². The van der Waals surface area contributed by atoms with E-state index in [0.717, 1.165) is 22.0 Å². The first-order valence-corrected chi connectivity index (χ1v) is 10.7. The predicted octanol–water partition coefficient (Wildman–Crippen LogP) is 5.99. The lowest BCUT2D eigenvalue weighted by Gasteiger charge is -2.09. The molecule has 4 aromatic rings. The summed E-state index contributed by atoms with van der Waals surface area (Å²) in [6, 6.07) is 16.8. The van der Waals surface area contributed by atoms with Crippen LogP contribution >= 0.6 is 22.9 Å². The molecule has 152 valence electrons. The van der Waals surface area contributed by atoms with Gasteiger partial charge in [0.1, 0.15) is 16.3 Å². The molecule has 0 unspecified atom stereocenters. The van der Waals surface area contributed by atoms with Gasteiger partial charge in [-0.1, -0.05) is 48.0 Å². The van der Waals surface area contributed by atoms with Crippen LogP contribution in [0.1, 0.15) is 27.8 Å². The van der Waals surface area contributed by atoms with Crippen molar-refractivity contribution >= 4 is 50.7 Å². The molecule has 4 rings (SSSR count). The molecular formula is C23H19ClN2O3S. The number of ether oxygens (including phenoxy) is 1. The fourth-order valence-corrected chi connectivity index (χ4v) is 4.49. The van der Waals surface area contributed by atoms with Gasteiger partial charge in [-0.05, 0) is 30.7 Å². The standard InChI is InChI=1S/C23H19ClN2O3S/c1-3-29-23(28)20-17(14-7-5-4-6-8-14)13-30-22(20)25-21(27)19-11-15-9-10-16(24)12-18(15)26(19)2/h4-13H,3H2,1-2H3,(H,25,27). The third-order valence-corrected chi connectivity index (χ3v) is 5.95. The zero-order valence-corrected chi connectivity index (χ0v) is 18.0. The van der Waals surface area contributed by atoms with E-state index in [2.05, 4.69) is 5.32 Å². The quantitative estimate of drug-likeness (QED) is 0.389. The summed E-state index contributed by atoms with van der Waals surface area (Å²) < 4.78 is 7.04. The number of hydrogen-bond donors (Lipinski definition) is 1. The van der Waals surface area contributed by atoms with Crippen molar-refractivity contribution in [2.75, 3.05) is 11.9 Å². The van der Waals surface area contributed by atoms with Crippen molar-refractivity contribution in [1.29, 1.82) is 0 Å². The van der Waals surface area contributed by atoms with Crippen LogP contribution in [0, 0.1) is 0 Å². The molecule has 7 heteroatoms. The highest BCUT2D eigenvalue weighted by molar-refractivity contribution is 7.15. The number of rotatable bonds is 5. The zero-order valence-electron chi connectivity index (χ0n) is 16.4. The summed E-state index contributed by atoms with van der Waals surface area (Å²) in [5, 5.41) is 6.73. The van der Waals surface area contributed by atoms with Crippen molar-refractivity contribution in [3.63, 3.8) is 0 Å². The fraction of sp³-hybridized carbons (Fsp3) is 0.130. The minimum absolute atomic E-state index is 0.250. The molecule has 0 saturated carbocycles. The Morgan fingerprint density at radius 1 is 1.13 bits per heavy atom. The number of esters is 1. The van der Waals surface area contributed by atoms with E-state index in [1.54, 1.807) is 23.6 Å². The van der Waals surface area contributed by atoms with Gasteiger partial charge in [-0.15, -0.1) is 11.3 Å². The van der Waals surface area contributed by atoms with Crippen molar-refractivity contribution in [1.82, 2.24) is 4.57 Å². The number of thiophene rings is 1. The molecule has 0 atom stereocenters. The second-order valence-corrected chi connectivity index (χ2v) is 8.00. The smallest absolute Gasteiger partial charge is 0.341 e. The second-order valence-electron chi connectivity index (χ2n) is 6.69. The highest BCUT2D eigenvalue weighted by atomic mass is 35.5. The topological polar surface area (TPSA) is 60.3 Å². The number of benzene rings is 2. The van der Waals surface area contributed by atoms with E-state index >= 15 is 0 Å². The van der Waals surface area contributed by atoms with E-state index in [4.69, 9.17) is 16.3 Å². The van der Waals surface area contributed by atoms with Crippen molar-refractivity contribution in [3.05, 3.63) is 76.3 Å². The molecule has 0 fully saturated rings. The Morgan fingerprint density at radius 3 is 2.63 bits per heavy atom. The Kier molecular flexibility index (Phi) is 5.61. The first kappa shape index (κ1) is 20.2. The highest BCUT2D eigenvalue weighted by Crippen LogP contribution is 2.36. The van der Waals surface area contributed by atoms with Crippen LogP contribution in [0.5, 0.6) is 0 Å². The third kappa shape index (κ3) is 3.72. The van der Waals surface area contributed by atoms with E-state index in [1.807, 2.05) is 54.9 Å². The maximum absolute atomic E-state index is 13.1. The normalized spacial score (nSPS) is 10.9. The average molecular weight is 439 g/mol. The highest BCUT2D eigenvalue weighted by Gasteiger charge is 2.24. The Hall–Kier alpha value is -3.09.